The standard InChI is InChI=1S/C17H13F4NO/c1-2-3-11-4-6-12(7-5-11)17(20,21)23-13-8-15(18)14(10-22)16(19)9-13/h4-9H,2-3H2,1H3. The zero-order valence-corrected chi connectivity index (χ0v) is 12.2. The third-order valence-corrected chi connectivity index (χ3v) is 3.20. The number of hydrogen-bond acceptors (Lipinski definition) is 2. The van der Waals surface area contributed by atoms with E-state index in [-0.39, 0.29) is 0 Å². The molecule has 120 valence electrons. The average molecular weight is 323 g/mol. The van der Waals surface area contributed by atoms with E-state index < -0.39 is 34.6 Å². The summed E-state index contributed by atoms with van der Waals surface area (Å²) in [5, 5.41) is 8.55. The van der Waals surface area contributed by atoms with Crippen LogP contribution in [0.1, 0.15) is 30.0 Å². The van der Waals surface area contributed by atoms with E-state index in [2.05, 4.69) is 4.74 Å². The van der Waals surface area contributed by atoms with E-state index in [4.69, 9.17) is 5.26 Å². The predicted octanol–water partition coefficient (Wildman–Crippen LogP) is 4.92. The van der Waals surface area contributed by atoms with Crippen molar-refractivity contribution in [1.82, 2.24) is 0 Å². The van der Waals surface area contributed by atoms with E-state index in [1.807, 2.05) is 6.92 Å². The van der Waals surface area contributed by atoms with Crippen LogP contribution in [-0.4, -0.2) is 0 Å². The summed E-state index contributed by atoms with van der Waals surface area (Å²) in [4.78, 5) is 0. The molecule has 0 aliphatic rings. The molecule has 0 N–H and O–H groups in total. The number of hydrogen-bond donors (Lipinski definition) is 0. The van der Waals surface area contributed by atoms with Gasteiger partial charge in [-0.15, -0.1) is 0 Å². The maximum atomic E-state index is 14.1. The van der Waals surface area contributed by atoms with Crippen LogP contribution in [0.25, 0.3) is 0 Å². The van der Waals surface area contributed by atoms with Gasteiger partial charge >= 0.3 is 6.11 Å². The number of nitriles is 1. The van der Waals surface area contributed by atoms with E-state index in [1.54, 1.807) is 12.1 Å². The Labute approximate surface area is 130 Å². The van der Waals surface area contributed by atoms with Crippen molar-refractivity contribution in [3.8, 4) is 11.8 Å². The van der Waals surface area contributed by atoms with Crippen LogP contribution in [0.5, 0.6) is 5.75 Å². The normalized spacial score (nSPS) is 11.1. The number of alkyl halides is 2. The molecule has 2 rings (SSSR count). The molecule has 0 heterocycles. The maximum Gasteiger partial charge on any atom is 0.426 e. The summed E-state index contributed by atoms with van der Waals surface area (Å²) in [7, 11) is 0. The van der Waals surface area contributed by atoms with Crippen LogP contribution in [0.3, 0.4) is 0 Å². The number of aryl methyl sites for hydroxylation is 1. The Kier molecular flexibility index (Phi) is 4.89. The van der Waals surface area contributed by atoms with Gasteiger partial charge in [-0.1, -0.05) is 25.5 Å². The van der Waals surface area contributed by atoms with Crippen LogP contribution in [0, 0.1) is 23.0 Å². The molecule has 0 unspecified atom stereocenters. The second-order valence-corrected chi connectivity index (χ2v) is 4.94. The lowest BCUT2D eigenvalue weighted by atomic mass is 10.1. The lowest BCUT2D eigenvalue weighted by Crippen LogP contribution is -2.22. The molecule has 0 spiro atoms. The molecular formula is C17H13F4NO. The third kappa shape index (κ3) is 3.81. The Hall–Kier alpha value is -2.55. The lowest BCUT2D eigenvalue weighted by molar-refractivity contribution is -0.185. The Morgan fingerprint density at radius 3 is 2.13 bits per heavy atom. The zero-order valence-electron chi connectivity index (χ0n) is 12.2. The molecule has 0 aromatic heterocycles. The highest BCUT2D eigenvalue weighted by Crippen LogP contribution is 2.33. The minimum absolute atomic E-state index is 0.428. The smallest absolute Gasteiger partial charge is 0.426 e. The number of halogens is 4. The van der Waals surface area contributed by atoms with Gasteiger partial charge in [-0.2, -0.15) is 14.0 Å². The Morgan fingerprint density at radius 2 is 1.65 bits per heavy atom. The molecule has 0 aliphatic carbocycles. The van der Waals surface area contributed by atoms with Crippen molar-refractivity contribution in [2.45, 2.75) is 25.9 Å². The first-order valence-electron chi connectivity index (χ1n) is 6.92. The molecule has 0 saturated carbocycles. The summed E-state index contributed by atoms with van der Waals surface area (Å²) < 4.78 is 59.5. The molecule has 0 saturated heterocycles. The molecule has 6 heteroatoms. The van der Waals surface area contributed by atoms with E-state index in [0.717, 1.165) is 18.4 Å². The minimum Gasteiger partial charge on any atom is -0.429 e. The molecule has 2 aromatic rings. The van der Waals surface area contributed by atoms with Crippen molar-refractivity contribution in [2.75, 3.05) is 0 Å². The summed E-state index contributed by atoms with van der Waals surface area (Å²) in [6, 6.07) is 7.95. The van der Waals surface area contributed by atoms with Crippen molar-refractivity contribution >= 4 is 0 Å². The van der Waals surface area contributed by atoms with Crippen LogP contribution in [0.2, 0.25) is 0 Å². The fraction of sp³-hybridized carbons (Fsp3) is 0.235. The van der Waals surface area contributed by atoms with E-state index in [0.29, 0.717) is 12.1 Å². The SMILES string of the molecule is CCCc1ccc(C(F)(F)Oc2cc(F)c(C#N)c(F)c2)cc1. The highest BCUT2D eigenvalue weighted by Gasteiger charge is 2.35. The van der Waals surface area contributed by atoms with Gasteiger partial charge in [0.2, 0.25) is 0 Å². The molecule has 23 heavy (non-hydrogen) atoms. The fourth-order valence-corrected chi connectivity index (χ4v) is 2.08. The Bertz CT molecular complexity index is 712. The van der Waals surface area contributed by atoms with Crippen molar-refractivity contribution in [1.29, 1.82) is 5.26 Å². The predicted molar refractivity (Wildman–Crippen MR) is 76.0 cm³/mol. The number of rotatable bonds is 5. The fourth-order valence-electron chi connectivity index (χ4n) is 2.08. The van der Waals surface area contributed by atoms with Crippen LogP contribution in [0.4, 0.5) is 17.6 Å². The van der Waals surface area contributed by atoms with E-state index in [1.165, 1.54) is 18.2 Å². The molecule has 2 nitrogen and oxygen atoms in total. The Balaban J connectivity index is 2.25. The van der Waals surface area contributed by atoms with Gasteiger partial charge in [0, 0.05) is 12.1 Å². The monoisotopic (exact) mass is 323 g/mol. The molecule has 0 radical (unpaired) electrons. The number of benzene rings is 2. The van der Waals surface area contributed by atoms with Crippen molar-refractivity contribution in [2.24, 2.45) is 0 Å². The van der Waals surface area contributed by atoms with Gasteiger partial charge in [-0.3, -0.25) is 0 Å². The first-order valence-corrected chi connectivity index (χ1v) is 6.92. The van der Waals surface area contributed by atoms with Crippen LogP contribution >= 0.6 is 0 Å². The first-order chi connectivity index (χ1) is 10.9. The summed E-state index contributed by atoms with van der Waals surface area (Å²) in [6.07, 6.45) is -2.10. The van der Waals surface area contributed by atoms with Crippen molar-refractivity contribution in [3.63, 3.8) is 0 Å². The first kappa shape index (κ1) is 16.8. The quantitative estimate of drug-likeness (QED) is 0.732. The van der Waals surface area contributed by atoms with Gasteiger partial charge in [0.25, 0.3) is 0 Å². The lowest BCUT2D eigenvalue weighted by Gasteiger charge is -2.19. The van der Waals surface area contributed by atoms with Crippen LogP contribution in [-0.2, 0) is 12.5 Å². The van der Waals surface area contributed by atoms with Crippen LogP contribution < -0.4 is 4.74 Å². The molecule has 0 fully saturated rings. The van der Waals surface area contributed by atoms with Gasteiger partial charge in [-0.25, -0.2) is 8.78 Å². The highest BCUT2D eigenvalue weighted by molar-refractivity contribution is 5.38. The summed E-state index contributed by atoms with van der Waals surface area (Å²) in [6.45, 7) is 1.97. The van der Waals surface area contributed by atoms with Crippen LogP contribution in [0.15, 0.2) is 36.4 Å². The summed E-state index contributed by atoms with van der Waals surface area (Å²) in [5.74, 6) is -3.20. The molecule has 0 aliphatic heterocycles. The van der Waals surface area contributed by atoms with E-state index in [9.17, 15) is 17.6 Å². The number of nitrogens with zero attached hydrogens (tertiary/aromatic N) is 1. The molecule has 2 aromatic carbocycles. The molecule has 0 amide bonds. The summed E-state index contributed by atoms with van der Waals surface area (Å²) in [5.41, 5.74) is -0.366. The third-order valence-electron chi connectivity index (χ3n) is 3.20. The highest BCUT2D eigenvalue weighted by atomic mass is 19.3. The Morgan fingerprint density at radius 1 is 1.09 bits per heavy atom. The van der Waals surface area contributed by atoms with Gasteiger partial charge in [0.05, 0.1) is 5.56 Å². The second-order valence-electron chi connectivity index (χ2n) is 4.94. The maximum absolute atomic E-state index is 14.1. The average Bonchev–Trinajstić information content (AvgIpc) is 2.47. The van der Waals surface area contributed by atoms with Gasteiger partial charge in [0.1, 0.15) is 29.0 Å². The zero-order chi connectivity index (χ0) is 17.0. The summed E-state index contributed by atoms with van der Waals surface area (Å²) >= 11 is 0. The van der Waals surface area contributed by atoms with Crippen molar-refractivity contribution < 1.29 is 22.3 Å². The van der Waals surface area contributed by atoms with Gasteiger partial charge in [0.15, 0.2) is 0 Å². The molecule has 0 atom stereocenters. The van der Waals surface area contributed by atoms with Crippen molar-refractivity contribution in [3.05, 3.63) is 64.7 Å². The van der Waals surface area contributed by atoms with E-state index >= 15 is 0 Å². The largest absolute Gasteiger partial charge is 0.429 e. The second kappa shape index (κ2) is 6.69. The van der Waals surface area contributed by atoms with Gasteiger partial charge in [-0.05, 0) is 24.1 Å². The minimum atomic E-state index is -3.75. The molecular weight excluding hydrogens is 310 g/mol. The number of ether oxygens (including phenoxy) is 1. The van der Waals surface area contributed by atoms with Gasteiger partial charge < -0.3 is 4.74 Å². The topological polar surface area (TPSA) is 33.0 Å². The molecule has 0 bridgehead atoms.